The number of sulfonamides is 1. The van der Waals surface area contributed by atoms with Crippen LogP contribution in [0.15, 0.2) is 23.2 Å². The van der Waals surface area contributed by atoms with E-state index in [1.54, 1.807) is 0 Å². The van der Waals surface area contributed by atoms with Gasteiger partial charge in [0.15, 0.2) is 0 Å². The van der Waals surface area contributed by atoms with Crippen LogP contribution in [-0.4, -0.2) is 19.9 Å². The Kier molecular flexibility index (Phi) is 3.86. The second-order valence-electron chi connectivity index (χ2n) is 2.71. The second kappa shape index (κ2) is 4.72. The number of nitrogens with zero attached hydrogens (tertiary/aromatic N) is 1. The zero-order chi connectivity index (χ0) is 10.6. The van der Waals surface area contributed by atoms with Gasteiger partial charge in [0.2, 0.25) is 10.0 Å². The summed E-state index contributed by atoms with van der Waals surface area (Å²) in [5.74, 6) is 0. The molecule has 6 heteroatoms. The van der Waals surface area contributed by atoms with Crippen molar-refractivity contribution >= 4 is 21.6 Å². The number of pyridine rings is 1. The normalized spacial score (nSPS) is 11.6. The first-order valence-electron chi connectivity index (χ1n) is 4.17. The van der Waals surface area contributed by atoms with Crippen molar-refractivity contribution in [1.29, 1.82) is 0 Å². The van der Waals surface area contributed by atoms with Gasteiger partial charge in [-0.2, -0.15) is 0 Å². The number of rotatable bonds is 4. The molecular weight excluding hydrogens is 224 g/mol. The summed E-state index contributed by atoms with van der Waals surface area (Å²) >= 11 is 5.54. The van der Waals surface area contributed by atoms with Crippen molar-refractivity contribution in [2.24, 2.45) is 0 Å². The molecule has 1 aromatic heterocycles. The summed E-state index contributed by atoms with van der Waals surface area (Å²) in [4.78, 5) is 3.83. The highest BCUT2D eigenvalue weighted by molar-refractivity contribution is 7.89. The summed E-state index contributed by atoms with van der Waals surface area (Å²) in [6.45, 7) is 2.31. The average molecular weight is 235 g/mol. The molecule has 0 bridgehead atoms. The van der Waals surface area contributed by atoms with Gasteiger partial charge in [-0.05, 0) is 18.6 Å². The number of hydrogen-bond acceptors (Lipinski definition) is 3. The van der Waals surface area contributed by atoms with E-state index in [9.17, 15) is 8.42 Å². The van der Waals surface area contributed by atoms with Crippen LogP contribution < -0.4 is 4.72 Å². The van der Waals surface area contributed by atoms with Gasteiger partial charge in [0.05, 0.1) is 0 Å². The third-order valence-electron chi connectivity index (χ3n) is 1.55. The van der Waals surface area contributed by atoms with E-state index in [1.165, 1.54) is 18.3 Å². The van der Waals surface area contributed by atoms with Gasteiger partial charge in [-0.15, -0.1) is 0 Å². The molecule has 0 unspecified atom stereocenters. The van der Waals surface area contributed by atoms with Crippen molar-refractivity contribution < 1.29 is 8.42 Å². The van der Waals surface area contributed by atoms with Gasteiger partial charge < -0.3 is 0 Å². The Morgan fingerprint density at radius 2 is 2.21 bits per heavy atom. The molecule has 0 saturated heterocycles. The molecule has 0 aliphatic heterocycles. The first-order valence-corrected chi connectivity index (χ1v) is 6.03. The van der Waals surface area contributed by atoms with E-state index in [1.807, 2.05) is 6.92 Å². The summed E-state index contributed by atoms with van der Waals surface area (Å²) in [5, 5.41) is 0.277. The third kappa shape index (κ3) is 2.94. The van der Waals surface area contributed by atoms with Crippen LogP contribution in [0.25, 0.3) is 0 Å². The smallest absolute Gasteiger partial charge is 0.242 e. The van der Waals surface area contributed by atoms with E-state index in [4.69, 9.17) is 11.6 Å². The highest BCUT2D eigenvalue weighted by Crippen LogP contribution is 2.10. The van der Waals surface area contributed by atoms with Gasteiger partial charge in [-0.1, -0.05) is 18.5 Å². The van der Waals surface area contributed by atoms with Gasteiger partial charge in [-0.3, -0.25) is 0 Å². The van der Waals surface area contributed by atoms with Crippen LogP contribution in [-0.2, 0) is 10.0 Å². The summed E-state index contributed by atoms with van der Waals surface area (Å²) in [6, 6.07) is 2.87. The van der Waals surface area contributed by atoms with Gasteiger partial charge in [0, 0.05) is 12.7 Å². The standard InChI is InChI=1S/C8H11ClN2O2S/c1-2-5-11-14(12,13)7-3-4-8(9)10-6-7/h3-4,6,11H,2,5H2,1H3. The van der Waals surface area contributed by atoms with E-state index in [0.717, 1.165) is 6.42 Å². The fourth-order valence-electron chi connectivity index (χ4n) is 0.841. The summed E-state index contributed by atoms with van der Waals surface area (Å²) < 4.78 is 25.4. The summed E-state index contributed by atoms with van der Waals surface area (Å²) in [5.41, 5.74) is 0. The molecule has 0 atom stereocenters. The van der Waals surface area contributed by atoms with Crippen LogP contribution in [0, 0.1) is 0 Å². The lowest BCUT2D eigenvalue weighted by Gasteiger charge is -2.04. The highest BCUT2D eigenvalue weighted by atomic mass is 35.5. The molecule has 0 amide bonds. The average Bonchev–Trinajstić information content (AvgIpc) is 2.16. The fourth-order valence-corrected chi connectivity index (χ4v) is 2.03. The van der Waals surface area contributed by atoms with Crippen molar-refractivity contribution in [1.82, 2.24) is 9.71 Å². The van der Waals surface area contributed by atoms with Gasteiger partial charge in [-0.25, -0.2) is 18.1 Å². The van der Waals surface area contributed by atoms with Gasteiger partial charge in [0.1, 0.15) is 10.0 Å². The molecule has 1 heterocycles. The molecule has 1 rings (SSSR count). The zero-order valence-corrected chi connectivity index (χ0v) is 9.27. The second-order valence-corrected chi connectivity index (χ2v) is 4.87. The molecule has 0 aliphatic carbocycles. The number of aromatic nitrogens is 1. The van der Waals surface area contributed by atoms with Gasteiger partial charge in [0.25, 0.3) is 0 Å². The Labute approximate surface area is 88.4 Å². The van der Waals surface area contributed by atoms with Crippen LogP contribution in [0.4, 0.5) is 0 Å². The Hall–Kier alpha value is -0.650. The van der Waals surface area contributed by atoms with Crippen LogP contribution in [0.5, 0.6) is 0 Å². The maximum atomic E-state index is 11.5. The summed E-state index contributed by atoms with van der Waals surface area (Å²) in [7, 11) is -3.41. The largest absolute Gasteiger partial charge is 0.243 e. The van der Waals surface area contributed by atoms with Crippen molar-refractivity contribution in [3.63, 3.8) is 0 Å². The Bertz CT molecular complexity index is 388. The lowest BCUT2D eigenvalue weighted by molar-refractivity contribution is 0.580. The summed E-state index contributed by atoms with van der Waals surface area (Å²) in [6.07, 6.45) is 1.99. The molecular formula is C8H11ClN2O2S. The maximum Gasteiger partial charge on any atom is 0.242 e. The molecule has 0 saturated carbocycles. The Morgan fingerprint density at radius 3 is 2.71 bits per heavy atom. The van der Waals surface area contributed by atoms with Crippen LogP contribution in [0.2, 0.25) is 5.15 Å². The quantitative estimate of drug-likeness (QED) is 0.802. The SMILES string of the molecule is CCCNS(=O)(=O)c1ccc(Cl)nc1. The van der Waals surface area contributed by atoms with Crippen LogP contribution in [0.3, 0.4) is 0 Å². The Morgan fingerprint density at radius 1 is 1.50 bits per heavy atom. The third-order valence-corrected chi connectivity index (χ3v) is 3.22. The predicted molar refractivity (Wildman–Crippen MR) is 54.7 cm³/mol. The topological polar surface area (TPSA) is 59.1 Å². The molecule has 0 aliphatic rings. The lowest BCUT2D eigenvalue weighted by Crippen LogP contribution is -2.24. The molecule has 0 fully saturated rings. The van der Waals surface area contributed by atoms with Crippen LogP contribution in [0.1, 0.15) is 13.3 Å². The van der Waals surface area contributed by atoms with E-state index in [2.05, 4.69) is 9.71 Å². The molecule has 1 N–H and O–H groups in total. The van der Waals surface area contributed by atoms with Crippen molar-refractivity contribution in [3.8, 4) is 0 Å². The predicted octanol–water partition coefficient (Wildman–Crippen LogP) is 1.42. The Balaban J connectivity index is 2.87. The van der Waals surface area contributed by atoms with E-state index in [-0.39, 0.29) is 10.0 Å². The van der Waals surface area contributed by atoms with Gasteiger partial charge >= 0.3 is 0 Å². The van der Waals surface area contributed by atoms with Crippen molar-refractivity contribution in [2.45, 2.75) is 18.2 Å². The number of nitrogens with one attached hydrogen (secondary N) is 1. The van der Waals surface area contributed by atoms with E-state index < -0.39 is 10.0 Å². The maximum absolute atomic E-state index is 11.5. The number of halogens is 1. The molecule has 4 nitrogen and oxygen atoms in total. The van der Waals surface area contributed by atoms with Crippen LogP contribution >= 0.6 is 11.6 Å². The molecule has 0 spiro atoms. The van der Waals surface area contributed by atoms with E-state index in [0.29, 0.717) is 6.54 Å². The minimum absolute atomic E-state index is 0.135. The van der Waals surface area contributed by atoms with Crippen molar-refractivity contribution in [3.05, 3.63) is 23.5 Å². The zero-order valence-electron chi connectivity index (χ0n) is 7.70. The number of hydrogen-bond donors (Lipinski definition) is 1. The highest BCUT2D eigenvalue weighted by Gasteiger charge is 2.12. The fraction of sp³-hybridized carbons (Fsp3) is 0.375. The first-order chi connectivity index (χ1) is 6.56. The first kappa shape index (κ1) is 11.4. The molecule has 78 valence electrons. The molecule has 1 aromatic rings. The molecule has 0 aromatic carbocycles. The monoisotopic (exact) mass is 234 g/mol. The molecule has 0 radical (unpaired) electrons. The van der Waals surface area contributed by atoms with Crippen molar-refractivity contribution in [2.75, 3.05) is 6.54 Å². The minimum Gasteiger partial charge on any atom is -0.243 e. The lowest BCUT2D eigenvalue weighted by atomic mass is 10.5. The minimum atomic E-state index is -3.41. The van der Waals surface area contributed by atoms with E-state index >= 15 is 0 Å². The molecule has 14 heavy (non-hydrogen) atoms.